The van der Waals surface area contributed by atoms with Crippen molar-refractivity contribution in [1.29, 1.82) is 0 Å². The molecule has 1 aromatic carbocycles. The molecule has 0 fully saturated rings. The molecule has 0 aliphatic carbocycles. The highest BCUT2D eigenvalue weighted by Crippen LogP contribution is 2.31. The minimum absolute atomic E-state index is 0.526. The zero-order chi connectivity index (χ0) is 12.1. The lowest BCUT2D eigenvalue weighted by molar-refractivity contribution is 0.413. The largest absolute Gasteiger partial charge is 0.496 e. The first-order chi connectivity index (χ1) is 7.65. The van der Waals surface area contributed by atoms with Gasteiger partial charge in [-0.2, -0.15) is 0 Å². The lowest BCUT2D eigenvalue weighted by Gasteiger charge is -2.16. The van der Waals surface area contributed by atoms with Crippen molar-refractivity contribution in [2.45, 2.75) is 33.1 Å². The molecule has 1 rings (SSSR count). The summed E-state index contributed by atoms with van der Waals surface area (Å²) in [4.78, 5) is 0. The van der Waals surface area contributed by atoms with Crippen LogP contribution in [0.3, 0.4) is 0 Å². The van der Waals surface area contributed by atoms with Crippen LogP contribution >= 0.6 is 0 Å². The van der Waals surface area contributed by atoms with Gasteiger partial charge in [0.25, 0.3) is 0 Å². The highest BCUT2D eigenvalue weighted by atomic mass is 16.5. The van der Waals surface area contributed by atoms with Crippen molar-refractivity contribution in [3.8, 4) is 5.75 Å². The third-order valence-electron chi connectivity index (χ3n) is 2.80. The van der Waals surface area contributed by atoms with E-state index in [1.165, 1.54) is 11.1 Å². The fourth-order valence-electron chi connectivity index (χ4n) is 2.03. The van der Waals surface area contributed by atoms with Crippen LogP contribution in [0.4, 0.5) is 0 Å². The molecular formula is C15H20O. The number of rotatable bonds is 4. The first-order valence-corrected chi connectivity index (χ1v) is 5.71. The van der Waals surface area contributed by atoms with E-state index in [-0.39, 0.29) is 0 Å². The van der Waals surface area contributed by atoms with Crippen LogP contribution in [0.1, 0.15) is 43.4 Å². The Morgan fingerprint density at radius 2 is 2.12 bits per heavy atom. The van der Waals surface area contributed by atoms with Gasteiger partial charge in [-0.25, -0.2) is 0 Å². The minimum atomic E-state index is 0.526. The fraction of sp³-hybridized carbons (Fsp3) is 0.400. The van der Waals surface area contributed by atoms with Crippen LogP contribution in [0.2, 0.25) is 0 Å². The Morgan fingerprint density at radius 3 is 2.56 bits per heavy atom. The zero-order valence-corrected chi connectivity index (χ0v) is 10.6. The van der Waals surface area contributed by atoms with E-state index in [1.807, 2.05) is 12.1 Å². The Bertz CT molecular complexity index is 410. The van der Waals surface area contributed by atoms with Crippen LogP contribution in [-0.2, 0) is 6.42 Å². The molecular weight excluding hydrogens is 196 g/mol. The topological polar surface area (TPSA) is 9.23 Å². The highest BCUT2D eigenvalue weighted by Gasteiger charge is 2.12. The van der Waals surface area contributed by atoms with Gasteiger partial charge in [0.05, 0.1) is 7.11 Å². The predicted octanol–water partition coefficient (Wildman–Crippen LogP) is 4.18. The molecule has 0 aromatic heterocycles. The Hall–Kier alpha value is -1.46. The summed E-state index contributed by atoms with van der Waals surface area (Å²) < 4.78 is 5.38. The van der Waals surface area contributed by atoms with E-state index in [2.05, 4.69) is 39.1 Å². The molecule has 0 radical (unpaired) electrons. The minimum Gasteiger partial charge on any atom is -0.496 e. The van der Waals surface area contributed by atoms with Crippen molar-refractivity contribution >= 4 is 6.08 Å². The van der Waals surface area contributed by atoms with Gasteiger partial charge in [-0.3, -0.25) is 0 Å². The lowest BCUT2D eigenvalue weighted by atomic mass is 9.91. The normalized spacial score (nSPS) is 10.1. The summed E-state index contributed by atoms with van der Waals surface area (Å²) >= 11 is 0. The molecule has 0 aliphatic rings. The van der Waals surface area contributed by atoms with Crippen LogP contribution in [0.5, 0.6) is 5.75 Å². The molecule has 16 heavy (non-hydrogen) atoms. The number of methoxy groups -OCH3 is 1. The van der Waals surface area contributed by atoms with Crippen LogP contribution < -0.4 is 4.74 Å². The van der Waals surface area contributed by atoms with Crippen LogP contribution in [-0.4, -0.2) is 7.11 Å². The number of ether oxygens (including phenoxy) is 1. The number of hydrogen-bond donors (Lipinski definition) is 0. The second-order valence-electron chi connectivity index (χ2n) is 4.11. The molecule has 0 amide bonds. The molecule has 1 aromatic rings. The Balaban J connectivity index is 3.48. The first kappa shape index (κ1) is 12.6. The van der Waals surface area contributed by atoms with Crippen LogP contribution in [0.15, 0.2) is 24.4 Å². The second-order valence-corrected chi connectivity index (χ2v) is 4.11. The molecule has 0 aliphatic heterocycles. The summed E-state index contributed by atoms with van der Waals surface area (Å²) in [5, 5.41) is 0. The summed E-state index contributed by atoms with van der Waals surface area (Å²) in [6, 6.07) is 4.18. The van der Waals surface area contributed by atoms with Crippen molar-refractivity contribution in [2.24, 2.45) is 0 Å². The maximum absolute atomic E-state index is 5.38. The van der Waals surface area contributed by atoms with Gasteiger partial charge in [-0.1, -0.05) is 33.4 Å². The quantitative estimate of drug-likeness (QED) is 0.686. The van der Waals surface area contributed by atoms with Gasteiger partial charge >= 0.3 is 0 Å². The van der Waals surface area contributed by atoms with Gasteiger partial charge in [-0.05, 0) is 35.6 Å². The van der Waals surface area contributed by atoms with Gasteiger partial charge in [0, 0.05) is 5.56 Å². The molecule has 86 valence electrons. The molecule has 0 N–H and O–H groups in total. The van der Waals surface area contributed by atoms with Gasteiger partial charge in [-0.15, -0.1) is 5.73 Å². The Kier molecular flexibility index (Phi) is 4.39. The maximum atomic E-state index is 5.38. The van der Waals surface area contributed by atoms with Gasteiger partial charge in [0.15, 0.2) is 0 Å². The van der Waals surface area contributed by atoms with E-state index < -0.39 is 0 Å². The van der Waals surface area contributed by atoms with E-state index in [9.17, 15) is 0 Å². The summed E-state index contributed by atoms with van der Waals surface area (Å²) in [6.07, 6.45) is 2.90. The standard InChI is InChI=1S/C15H20O/c1-6-8-14-12(7-2)13(11(3)4)9-10-15(14)16-5/h8-11H,1,7H2,2-5H3. The van der Waals surface area contributed by atoms with Crippen molar-refractivity contribution < 1.29 is 4.74 Å². The smallest absolute Gasteiger partial charge is 0.126 e. The molecule has 0 atom stereocenters. The molecule has 0 spiro atoms. The van der Waals surface area contributed by atoms with Crippen LogP contribution in [0, 0.1) is 0 Å². The van der Waals surface area contributed by atoms with Crippen molar-refractivity contribution in [1.82, 2.24) is 0 Å². The maximum Gasteiger partial charge on any atom is 0.126 e. The summed E-state index contributed by atoms with van der Waals surface area (Å²) in [5.74, 6) is 1.43. The molecule has 0 bridgehead atoms. The SMILES string of the molecule is C=C=Cc1c(OC)ccc(C(C)C)c1CC. The first-order valence-electron chi connectivity index (χ1n) is 5.71. The third-order valence-corrected chi connectivity index (χ3v) is 2.80. The van der Waals surface area contributed by atoms with E-state index in [0.29, 0.717) is 5.92 Å². The third kappa shape index (κ3) is 2.37. The average Bonchev–Trinajstić information content (AvgIpc) is 2.28. The van der Waals surface area contributed by atoms with E-state index in [4.69, 9.17) is 4.74 Å². The molecule has 0 saturated carbocycles. The van der Waals surface area contributed by atoms with Crippen molar-refractivity contribution in [3.63, 3.8) is 0 Å². The predicted molar refractivity (Wildman–Crippen MR) is 70.1 cm³/mol. The van der Waals surface area contributed by atoms with Gasteiger partial charge in [0.2, 0.25) is 0 Å². The Labute approximate surface area is 98.5 Å². The summed E-state index contributed by atoms with van der Waals surface area (Å²) in [7, 11) is 1.70. The van der Waals surface area contributed by atoms with Gasteiger partial charge in [0.1, 0.15) is 5.75 Å². The molecule has 0 unspecified atom stereocenters. The summed E-state index contributed by atoms with van der Waals surface area (Å²) in [5.41, 5.74) is 6.68. The molecule has 0 heterocycles. The second kappa shape index (κ2) is 5.58. The summed E-state index contributed by atoms with van der Waals surface area (Å²) in [6.45, 7) is 10.2. The Morgan fingerprint density at radius 1 is 1.44 bits per heavy atom. The molecule has 0 saturated heterocycles. The van der Waals surface area contributed by atoms with Crippen molar-refractivity contribution in [2.75, 3.05) is 7.11 Å². The van der Waals surface area contributed by atoms with E-state index in [0.717, 1.165) is 17.7 Å². The highest BCUT2D eigenvalue weighted by molar-refractivity contribution is 5.63. The van der Waals surface area contributed by atoms with E-state index in [1.54, 1.807) is 7.11 Å². The zero-order valence-electron chi connectivity index (χ0n) is 10.6. The van der Waals surface area contributed by atoms with Crippen LogP contribution in [0.25, 0.3) is 6.08 Å². The van der Waals surface area contributed by atoms with Crippen molar-refractivity contribution in [3.05, 3.63) is 41.1 Å². The fourth-order valence-corrected chi connectivity index (χ4v) is 2.03. The van der Waals surface area contributed by atoms with E-state index >= 15 is 0 Å². The lowest BCUT2D eigenvalue weighted by Crippen LogP contribution is -2.00. The van der Waals surface area contributed by atoms with Gasteiger partial charge < -0.3 is 4.74 Å². The monoisotopic (exact) mass is 216 g/mol. The average molecular weight is 216 g/mol. The number of hydrogen-bond acceptors (Lipinski definition) is 1. The molecule has 1 heteroatoms. The number of benzene rings is 1. The molecule has 1 nitrogen and oxygen atoms in total.